The van der Waals surface area contributed by atoms with Crippen LogP contribution in [0, 0.1) is 3.57 Å². The molecule has 0 fully saturated rings. The summed E-state index contributed by atoms with van der Waals surface area (Å²) in [6.45, 7) is 0. The molecule has 17 heavy (non-hydrogen) atoms. The Labute approximate surface area is 118 Å². The number of nitrogens with two attached hydrogens (primary N) is 1. The van der Waals surface area contributed by atoms with Gasteiger partial charge in [0, 0.05) is 23.0 Å². The average Bonchev–Trinajstić information content (AvgIpc) is 2.71. The maximum atomic E-state index is 6.11. The van der Waals surface area contributed by atoms with Crippen molar-refractivity contribution in [2.75, 3.05) is 0 Å². The Kier molecular flexibility index (Phi) is 4.03. The molecule has 0 aliphatic rings. The molecule has 0 spiro atoms. The summed E-state index contributed by atoms with van der Waals surface area (Å²) in [6.07, 6.45) is 3.63. The van der Waals surface area contributed by atoms with Crippen LogP contribution in [0.1, 0.15) is 17.4 Å². The molecule has 3 N–H and O–H groups in total. The van der Waals surface area contributed by atoms with E-state index < -0.39 is 0 Å². The van der Waals surface area contributed by atoms with Gasteiger partial charge in [-0.2, -0.15) is 0 Å². The number of rotatable bonds is 3. The van der Waals surface area contributed by atoms with Crippen LogP contribution in [-0.2, 0) is 7.05 Å². The van der Waals surface area contributed by atoms with Gasteiger partial charge < -0.3 is 4.57 Å². The molecule has 1 atom stereocenters. The van der Waals surface area contributed by atoms with E-state index in [1.807, 2.05) is 36.0 Å². The van der Waals surface area contributed by atoms with Crippen molar-refractivity contribution < 1.29 is 0 Å². The van der Waals surface area contributed by atoms with Crippen molar-refractivity contribution in [2.24, 2.45) is 12.9 Å². The third-order valence-electron chi connectivity index (χ3n) is 2.56. The molecule has 0 radical (unpaired) electrons. The first-order chi connectivity index (χ1) is 8.13. The van der Waals surface area contributed by atoms with Gasteiger partial charge in [0.2, 0.25) is 0 Å². The standard InChI is InChI=1S/C11H12ClIN4/c1-17-5-4-15-11(17)10(16-14)7-2-3-9(13)8(12)6-7/h2-6,10,16H,14H2,1H3. The Bertz CT molecular complexity index is 526. The zero-order valence-electron chi connectivity index (χ0n) is 9.19. The number of aryl methyl sites for hydroxylation is 1. The highest BCUT2D eigenvalue weighted by Crippen LogP contribution is 2.25. The second kappa shape index (κ2) is 5.34. The van der Waals surface area contributed by atoms with E-state index >= 15 is 0 Å². The van der Waals surface area contributed by atoms with Crippen molar-refractivity contribution in [1.29, 1.82) is 0 Å². The molecule has 2 rings (SSSR count). The van der Waals surface area contributed by atoms with Crippen LogP contribution in [0.4, 0.5) is 0 Å². The molecule has 0 saturated carbocycles. The lowest BCUT2D eigenvalue weighted by atomic mass is 10.1. The molecular weight excluding hydrogens is 351 g/mol. The number of imidazole rings is 1. The summed E-state index contributed by atoms with van der Waals surface area (Å²) in [6, 6.07) is 5.70. The van der Waals surface area contributed by atoms with Crippen molar-refractivity contribution >= 4 is 34.2 Å². The molecule has 4 nitrogen and oxygen atoms in total. The summed E-state index contributed by atoms with van der Waals surface area (Å²) in [7, 11) is 1.93. The molecule has 1 heterocycles. The zero-order chi connectivity index (χ0) is 12.4. The Morgan fingerprint density at radius 2 is 2.29 bits per heavy atom. The molecule has 1 aromatic heterocycles. The van der Waals surface area contributed by atoms with Crippen LogP contribution < -0.4 is 11.3 Å². The van der Waals surface area contributed by atoms with E-state index in [0.717, 1.165) is 20.0 Å². The number of benzene rings is 1. The lowest BCUT2D eigenvalue weighted by Crippen LogP contribution is -2.30. The van der Waals surface area contributed by atoms with Crippen molar-refractivity contribution in [3.8, 4) is 0 Å². The van der Waals surface area contributed by atoms with E-state index in [2.05, 4.69) is 33.0 Å². The number of hydrogen-bond acceptors (Lipinski definition) is 3. The quantitative estimate of drug-likeness (QED) is 0.500. The molecule has 0 saturated heterocycles. The van der Waals surface area contributed by atoms with E-state index in [9.17, 15) is 0 Å². The van der Waals surface area contributed by atoms with Crippen molar-refractivity contribution in [3.05, 3.63) is 50.6 Å². The van der Waals surface area contributed by atoms with E-state index in [-0.39, 0.29) is 6.04 Å². The van der Waals surface area contributed by atoms with Crippen LogP contribution in [0.15, 0.2) is 30.6 Å². The first-order valence-corrected chi connectivity index (χ1v) is 6.47. The van der Waals surface area contributed by atoms with Crippen LogP contribution in [0.3, 0.4) is 0 Å². The number of aromatic nitrogens is 2. The zero-order valence-corrected chi connectivity index (χ0v) is 12.1. The third-order valence-corrected chi connectivity index (χ3v) is 4.13. The van der Waals surface area contributed by atoms with Gasteiger partial charge in [0.25, 0.3) is 0 Å². The Hall–Kier alpha value is -0.630. The highest BCUT2D eigenvalue weighted by molar-refractivity contribution is 14.1. The monoisotopic (exact) mass is 362 g/mol. The van der Waals surface area contributed by atoms with E-state index in [0.29, 0.717) is 0 Å². The Balaban J connectivity index is 2.42. The summed E-state index contributed by atoms with van der Waals surface area (Å²) in [4.78, 5) is 4.29. The van der Waals surface area contributed by atoms with Crippen LogP contribution >= 0.6 is 34.2 Å². The highest BCUT2D eigenvalue weighted by atomic mass is 127. The van der Waals surface area contributed by atoms with Gasteiger partial charge in [0.15, 0.2) is 0 Å². The van der Waals surface area contributed by atoms with E-state index in [1.165, 1.54) is 0 Å². The molecule has 1 aromatic carbocycles. The predicted octanol–water partition coefficient (Wildman–Crippen LogP) is 2.23. The van der Waals surface area contributed by atoms with Crippen LogP contribution in [-0.4, -0.2) is 9.55 Å². The number of halogens is 2. The fraction of sp³-hybridized carbons (Fsp3) is 0.182. The number of hydrogen-bond donors (Lipinski definition) is 2. The minimum atomic E-state index is -0.163. The van der Waals surface area contributed by atoms with Gasteiger partial charge in [-0.25, -0.2) is 10.4 Å². The maximum Gasteiger partial charge on any atom is 0.131 e. The first-order valence-electron chi connectivity index (χ1n) is 5.01. The minimum Gasteiger partial charge on any atom is -0.336 e. The van der Waals surface area contributed by atoms with Gasteiger partial charge in [-0.05, 0) is 40.3 Å². The summed E-state index contributed by atoms with van der Waals surface area (Å²) >= 11 is 8.31. The summed E-state index contributed by atoms with van der Waals surface area (Å²) in [5, 5.41) is 0.720. The lowest BCUT2D eigenvalue weighted by Gasteiger charge is -2.16. The number of nitrogens with one attached hydrogen (secondary N) is 1. The summed E-state index contributed by atoms with van der Waals surface area (Å²) < 4.78 is 2.94. The van der Waals surface area contributed by atoms with Gasteiger partial charge in [-0.1, -0.05) is 17.7 Å². The molecule has 6 heteroatoms. The van der Waals surface area contributed by atoms with E-state index in [1.54, 1.807) is 6.20 Å². The molecule has 90 valence electrons. The molecule has 0 amide bonds. The predicted molar refractivity (Wildman–Crippen MR) is 76.5 cm³/mol. The van der Waals surface area contributed by atoms with Crippen molar-refractivity contribution in [2.45, 2.75) is 6.04 Å². The topological polar surface area (TPSA) is 55.9 Å². The van der Waals surface area contributed by atoms with Gasteiger partial charge in [0.1, 0.15) is 11.9 Å². The average molecular weight is 363 g/mol. The molecule has 2 aromatic rings. The molecule has 1 unspecified atom stereocenters. The molecule has 0 bridgehead atoms. The van der Waals surface area contributed by atoms with Crippen LogP contribution in [0.2, 0.25) is 5.02 Å². The lowest BCUT2D eigenvalue weighted by molar-refractivity contribution is 0.580. The third kappa shape index (κ3) is 2.62. The normalized spacial score (nSPS) is 12.7. The molecular formula is C11H12ClIN4. The van der Waals surface area contributed by atoms with Crippen LogP contribution in [0.25, 0.3) is 0 Å². The number of nitrogens with zero attached hydrogens (tertiary/aromatic N) is 2. The Morgan fingerprint density at radius 1 is 1.53 bits per heavy atom. The second-order valence-corrected chi connectivity index (χ2v) is 5.24. The molecule has 0 aliphatic carbocycles. The van der Waals surface area contributed by atoms with Gasteiger partial charge in [0.05, 0.1) is 5.02 Å². The van der Waals surface area contributed by atoms with Gasteiger partial charge in [-0.3, -0.25) is 5.84 Å². The minimum absolute atomic E-state index is 0.163. The van der Waals surface area contributed by atoms with Gasteiger partial charge in [-0.15, -0.1) is 0 Å². The largest absolute Gasteiger partial charge is 0.336 e. The van der Waals surface area contributed by atoms with Gasteiger partial charge >= 0.3 is 0 Å². The summed E-state index contributed by atoms with van der Waals surface area (Å²) in [5.41, 5.74) is 3.76. The van der Waals surface area contributed by atoms with E-state index in [4.69, 9.17) is 17.4 Å². The first kappa shape index (κ1) is 12.8. The Morgan fingerprint density at radius 3 is 2.82 bits per heavy atom. The second-order valence-electron chi connectivity index (χ2n) is 3.67. The number of hydrazine groups is 1. The maximum absolute atomic E-state index is 6.11. The highest BCUT2D eigenvalue weighted by Gasteiger charge is 2.17. The van der Waals surface area contributed by atoms with Crippen LogP contribution in [0.5, 0.6) is 0 Å². The van der Waals surface area contributed by atoms with Crippen molar-refractivity contribution in [1.82, 2.24) is 15.0 Å². The summed E-state index contributed by atoms with van der Waals surface area (Å²) in [5.74, 6) is 6.46. The SMILES string of the molecule is Cn1ccnc1C(NN)c1ccc(I)c(Cl)c1. The fourth-order valence-corrected chi connectivity index (χ4v) is 2.19. The smallest absolute Gasteiger partial charge is 0.131 e. The fourth-order valence-electron chi connectivity index (χ4n) is 1.67. The molecule has 0 aliphatic heterocycles. The van der Waals surface area contributed by atoms with Crippen molar-refractivity contribution in [3.63, 3.8) is 0 Å².